The van der Waals surface area contributed by atoms with Crippen molar-refractivity contribution in [2.24, 2.45) is 0 Å². The van der Waals surface area contributed by atoms with Gasteiger partial charge < -0.3 is 8.83 Å². The fourth-order valence-corrected chi connectivity index (χ4v) is 13.3. The summed E-state index contributed by atoms with van der Waals surface area (Å²) in [6.07, 6.45) is 0. The Hall–Kier alpha value is -2.79. The number of hydrogen-bond acceptors (Lipinski definition) is 2. The molecule has 66 heavy (non-hydrogen) atoms. The molecule has 0 unspecified atom stereocenters. The average molecular weight is 1080 g/mol. The van der Waals surface area contributed by atoms with Gasteiger partial charge in [0.1, 0.15) is 0 Å². The van der Waals surface area contributed by atoms with Gasteiger partial charge in [0.15, 0.2) is 0 Å². The van der Waals surface area contributed by atoms with Gasteiger partial charge in [0, 0.05) is 0 Å². The van der Waals surface area contributed by atoms with E-state index in [0.717, 1.165) is 34.2 Å². The molecular weight excluding hydrogens is 1010 g/mol. The van der Waals surface area contributed by atoms with Crippen molar-refractivity contribution in [2.45, 2.75) is 119 Å². The molecule has 2 aromatic heterocycles. The van der Waals surface area contributed by atoms with Gasteiger partial charge in [-0.05, 0) is 74.2 Å². The van der Waals surface area contributed by atoms with E-state index in [0.29, 0.717) is 0 Å². The van der Waals surface area contributed by atoms with Crippen molar-refractivity contribution in [3.63, 3.8) is 0 Å². The molecule has 348 valence electrons. The first kappa shape index (κ1) is 52.6. The second kappa shape index (κ2) is 20.3. The van der Waals surface area contributed by atoms with Gasteiger partial charge in [-0.2, -0.15) is 0 Å². The molecule has 0 aliphatic rings. The van der Waals surface area contributed by atoms with Crippen LogP contribution in [0.25, 0.3) is 66.4 Å². The van der Waals surface area contributed by atoms with E-state index in [9.17, 15) is 0 Å². The summed E-state index contributed by atoms with van der Waals surface area (Å²) < 4.78 is 11.8. The van der Waals surface area contributed by atoms with Crippen LogP contribution in [0, 0.1) is 27.7 Å². The van der Waals surface area contributed by atoms with E-state index >= 15 is 0 Å². The molecule has 2 nitrogen and oxygen atoms in total. The zero-order valence-electron chi connectivity index (χ0n) is 43.0. The van der Waals surface area contributed by atoms with E-state index in [-0.39, 0.29) is 5.43 Å². The van der Waals surface area contributed by atoms with Gasteiger partial charge >= 0.3 is 53.5 Å². The van der Waals surface area contributed by atoms with Gasteiger partial charge in [-0.25, -0.2) is 0 Å². The van der Waals surface area contributed by atoms with Crippen molar-refractivity contribution in [1.82, 2.24) is 0 Å². The van der Waals surface area contributed by atoms with E-state index in [1.54, 1.807) is 20.7 Å². The maximum absolute atomic E-state index is 5.91. The van der Waals surface area contributed by atoms with Crippen LogP contribution in [0.3, 0.4) is 0 Å². The standard InChI is InChI=1S/2C27H33OSi2.C2H6Si.2ClH.Zr/c2*1-18-9-11-20-13-21(26-12-10-19(2)28-26)16-25(20)27(18)22-14-23(29(3,4)5)17-24(15-22)30(6,7)8;1-3-2;;;/h2*9-17H,1-8H3;1-2H3;2*1H;/q2*-1;;;;+2/p-2. The van der Waals surface area contributed by atoms with Crippen LogP contribution in [-0.4, -0.2) is 37.7 Å². The van der Waals surface area contributed by atoms with Crippen LogP contribution in [0.2, 0.25) is 91.7 Å². The summed E-state index contributed by atoms with van der Waals surface area (Å²) in [6.45, 7) is 42.2. The minimum Gasteiger partial charge on any atom is -0.496 e. The third kappa shape index (κ3) is 12.5. The molecule has 0 saturated carbocycles. The molecule has 0 radical (unpaired) electrons. The zero-order chi connectivity index (χ0) is 48.8. The molecule has 6 aromatic carbocycles. The van der Waals surface area contributed by atoms with Crippen molar-refractivity contribution < 1.29 is 26.8 Å². The largest absolute Gasteiger partial charge is 0.496 e. The normalized spacial score (nSPS) is 12.2. The average Bonchev–Trinajstić information content (AvgIpc) is 4.03. The molecule has 10 heteroatoms. The first-order valence-electron chi connectivity index (χ1n) is 23.4. The summed E-state index contributed by atoms with van der Waals surface area (Å²) in [5, 5.41) is 11.5. The molecule has 0 fully saturated rings. The van der Waals surface area contributed by atoms with Crippen LogP contribution in [0.1, 0.15) is 22.6 Å². The van der Waals surface area contributed by atoms with Crippen molar-refractivity contribution in [2.75, 3.05) is 0 Å². The van der Waals surface area contributed by atoms with Crippen LogP contribution in [0.15, 0.2) is 118 Å². The molecule has 0 amide bonds. The SMILES string of the molecule is C[Si](C)=[Zr]([Cl])[Cl].Cc1ccc(-c2cc3c(-c4cc([Si](C)(C)C)cc([Si](C)(C)C)c4)c(C)ccc3[cH-]2)o1.Cc1ccc(-c2cc3c(-c4cc([Si](C)(C)C)cc([Si](C)(C)C)c4)c(C)ccc3[cH-]2)o1. The summed E-state index contributed by atoms with van der Waals surface area (Å²) in [5.41, 5.74) is 10.3. The van der Waals surface area contributed by atoms with Crippen LogP contribution >= 0.6 is 17.0 Å². The molecular formula is C56H72Cl2O2Si5Zr-2. The van der Waals surface area contributed by atoms with E-state index in [4.69, 9.17) is 25.9 Å². The fourth-order valence-electron chi connectivity index (χ4n) is 8.29. The molecule has 0 N–H and O–H groups in total. The van der Waals surface area contributed by atoms with Gasteiger partial charge in [-0.15, -0.1) is 57.9 Å². The Bertz CT molecular complexity index is 2780. The number of hydrogen-bond donors (Lipinski definition) is 0. The Labute approximate surface area is 416 Å². The number of fused-ring (bicyclic) bond motifs is 2. The molecule has 0 atom stereocenters. The molecule has 0 aliphatic carbocycles. The number of halogens is 2. The van der Waals surface area contributed by atoms with Gasteiger partial charge in [0.25, 0.3) is 0 Å². The van der Waals surface area contributed by atoms with Crippen molar-refractivity contribution in [1.29, 1.82) is 0 Å². The number of furan rings is 2. The fraction of sp³-hybridized carbons (Fsp3) is 0.321. The summed E-state index contributed by atoms with van der Waals surface area (Å²) in [7, 11) is 5.52. The van der Waals surface area contributed by atoms with E-state index in [1.165, 1.54) is 54.9 Å². The quantitative estimate of drug-likeness (QED) is 0.112. The molecule has 8 rings (SSSR count). The first-order valence-corrected chi connectivity index (χ1v) is 49.9. The van der Waals surface area contributed by atoms with Crippen LogP contribution in [0.5, 0.6) is 0 Å². The Kier molecular flexibility index (Phi) is 16.2. The zero-order valence-corrected chi connectivity index (χ0v) is 51.9. The summed E-state index contributed by atoms with van der Waals surface area (Å²) in [5.74, 6) is 3.81. The molecule has 0 spiro atoms. The Morgan fingerprint density at radius 3 is 0.985 bits per heavy atom. The van der Waals surface area contributed by atoms with Crippen molar-refractivity contribution in [3.05, 3.63) is 132 Å². The second-order valence-electron chi connectivity index (χ2n) is 22.7. The van der Waals surface area contributed by atoms with Gasteiger partial charge in [0.2, 0.25) is 0 Å². The van der Waals surface area contributed by atoms with E-state index in [2.05, 4.69) is 203 Å². The second-order valence-corrected chi connectivity index (χ2v) is 66.0. The first-order chi connectivity index (χ1) is 30.5. The third-order valence-electron chi connectivity index (χ3n) is 12.5. The molecule has 0 bridgehead atoms. The molecule has 8 aromatic rings. The Balaban J connectivity index is 0.000000194. The topological polar surface area (TPSA) is 26.3 Å². The predicted octanol–water partition coefficient (Wildman–Crippen LogP) is 16.5. The van der Waals surface area contributed by atoms with Crippen molar-refractivity contribution in [3.8, 4) is 44.9 Å². The van der Waals surface area contributed by atoms with Gasteiger partial charge in [-0.1, -0.05) is 170 Å². The monoisotopic (exact) mass is 1080 g/mol. The third-order valence-corrected chi connectivity index (χ3v) is 40.4. The smallest absolute Gasteiger partial charge is 0.0896 e. The predicted molar refractivity (Wildman–Crippen MR) is 305 cm³/mol. The van der Waals surface area contributed by atoms with Crippen molar-refractivity contribution >= 4 is 97.0 Å². The number of benzene rings is 4. The van der Waals surface area contributed by atoms with E-state index < -0.39 is 50.3 Å². The maximum atomic E-state index is 5.91. The number of aryl methyl sites for hydroxylation is 4. The van der Waals surface area contributed by atoms with Crippen LogP contribution < -0.4 is 20.7 Å². The van der Waals surface area contributed by atoms with E-state index in [1.807, 2.05) is 26.0 Å². The minimum atomic E-state index is -1.65. The molecule has 0 saturated heterocycles. The Morgan fingerprint density at radius 1 is 0.439 bits per heavy atom. The summed E-state index contributed by atoms with van der Waals surface area (Å²) in [4.78, 5) is 0. The maximum Gasteiger partial charge on any atom is 0.0896 e. The Morgan fingerprint density at radius 2 is 0.742 bits per heavy atom. The van der Waals surface area contributed by atoms with Gasteiger partial charge in [0.05, 0.1) is 55.3 Å². The minimum absolute atomic E-state index is 0.224. The summed E-state index contributed by atoms with van der Waals surface area (Å²) >= 11 is -1.65. The molecule has 2 heterocycles. The number of rotatable bonds is 8. The van der Waals surface area contributed by atoms with Crippen LogP contribution in [-0.2, 0) is 18.0 Å². The summed E-state index contributed by atoms with van der Waals surface area (Å²) in [6, 6.07) is 41.3. The van der Waals surface area contributed by atoms with Gasteiger partial charge in [-0.3, -0.25) is 0 Å². The van der Waals surface area contributed by atoms with Crippen LogP contribution in [0.4, 0.5) is 0 Å². The molecule has 0 aliphatic heterocycles.